The van der Waals surface area contributed by atoms with Crippen molar-refractivity contribution in [3.63, 3.8) is 0 Å². The van der Waals surface area contributed by atoms with Crippen LogP contribution in [-0.2, 0) is 6.54 Å². The smallest absolute Gasteiger partial charge is 0.147 e. The predicted octanol–water partition coefficient (Wildman–Crippen LogP) is 3.45. The molecule has 0 atom stereocenters. The molecule has 0 saturated heterocycles. The number of halogens is 3. The highest BCUT2D eigenvalue weighted by Gasteiger charge is 2.27. The summed E-state index contributed by atoms with van der Waals surface area (Å²) in [6.45, 7) is 0.231. The van der Waals surface area contributed by atoms with Crippen LogP contribution in [0.1, 0.15) is 11.1 Å². The summed E-state index contributed by atoms with van der Waals surface area (Å²) in [6.07, 6.45) is 0. The molecular weight excluding hydrogens is 253 g/mol. The van der Waals surface area contributed by atoms with Crippen LogP contribution in [0.2, 0.25) is 0 Å². The summed E-state index contributed by atoms with van der Waals surface area (Å²) in [7, 11) is 0. The van der Waals surface area contributed by atoms with Crippen LogP contribution in [-0.4, -0.2) is 5.84 Å². The maximum atomic E-state index is 13.7. The van der Waals surface area contributed by atoms with Crippen LogP contribution in [0, 0.1) is 22.9 Å². The molecule has 0 aliphatic carbocycles. The van der Waals surface area contributed by atoms with Crippen LogP contribution in [0.3, 0.4) is 0 Å². The SMILES string of the molecule is N=C1c2cc(F)ccc2CN1c1cc(F)ccc1F. The molecule has 3 rings (SSSR count). The van der Waals surface area contributed by atoms with E-state index in [1.165, 1.54) is 17.0 Å². The summed E-state index contributed by atoms with van der Waals surface area (Å²) in [5, 5.41) is 7.96. The monoisotopic (exact) mass is 262 g/mol. The Morgan fingerprint density at radius 1 is 0.947 bits per heavy atom. The summed E-state index contributed by atoms with van der Waals surface area (Å²) >= 11 is 0. The van der Waals surface area contributed by atoms with Crippen molar-refractivity contribution in [2.45, 2.75) is 6.54 Å². The molecule has 0 saturated carbocycles. The third-order valence-corrected chi connectivity index (χ3v) is 3.12. The van der Waals surface area contributed by atoms with Crippen molar-refractivity contribution in [2.75, 3.05) is 4.90 Å². The summed E-state index contributed by atoms with van der Waals surface area (Å²) in [6, 6.07) is 7.14. The van der Waals surface area contributed by atoms with Crippen molar-refractivity contribution >= 4 is 11.5 Å². The first-order valence-corrected chi connectivity index (χ1v) is 5.66. The van der Waals surface area contributed by atoms with Crippen LogP contribution in [0.25, 0.3) is 0 Å². The van der Waals surface area contributed by atoms with Crippen LogP contribution in [0.4, 0.5) is 18.9 Å². The highest BCUT2D eigenvalue weighted by Crippen LogP contribution is 2.30. The molecule has 2 nitrogen and oxygen atoms in total. The number of rotatable bonds is 1. The molecule has 0 aromatic heterocycles. The quantitative estimate of drug-likeness (QED) is 0.837. The van der Waals surface area contributed by atoms with E-state index in [0.29, 0.717) is 5.56 Å². The maximum absolute atomic E-state index is 13.7. The van der Waals surface area contributed by atoms with Crippen LogP contribution in [0.15, 0.2) is 36.4 Å². The van der Waals surface area contributed by atoms with E-state index in [4.69, 9.17) is 5.41 Å². The Hall–Kier alpha value is -2.30. The first kappa shape index (κ1) is 11.8. The Labute approximate surface area is 107 Å². The zero-order valence-electron chi connectivity index (χ0n) is 9.75. The van der Waals surface area contributed by atoms with Gasteiger partial charge in [0.15, 0.2) is 0 Å². The number of hydrogen-bond donors (Lipinski definition) is 1. The second kappa shape index (κ2) is 4.12. The van der Waals surface area contributed by atoms with Crippen molar-refractivity contribution in [1.82, 2.24) is 0 Å². The van der Waals surface area contributed by atoms with Gasteiger partial charge in [-0.1, -0.05) is 6.07 Å². The summed E-state index contributed by atoms with van der Waals surface area (Å²) in [5.74, 6) is -1.67. The van der Waals surface area contributed by atoms with Gasteiger partial charge in [-0.15, -0.1) is 0 Å². The standard InChI is InChI=1S/C14H9F3N2/c15-9-2-1-8-7-19(14(18)11(8)5-9)13-6-10(16)3-4-12(13)17/h1-6,18H,7H2. The van der Waals surface area contributed by atoms with Gasteiger partial charge in [0.05, 0.1) is 12.2 Å². The lowest BCUT2D eigenvalue weighted by Crippen LogP contribution is -2.24. The van der Waals surface area contributed by atoms with E-state index in [1.807, 2.05) is 0 Å². The van der Waals surface area contributed by atoms with E-state index >= 15 is 0 Å². The van der Waals surface area contributed by atoms with Crippen molar-refractivity contribution in [3.05, 3.63) is 65.0 Å². The lowest BCUT2D eigenvalue weighted by atomic mass is 10.1. The van der Waals surface area contributed by atoms with Gasteiger partial charge in [-0.2, -0.15) is 0 Å². The van der Waals surface area contributed by atoms with Gasteiger partial charge in [0, 0.05) is 11.6 Å². The molecule has 0 fully saturated rings. The Balaban J connectivity index is 2.06. The topological polar surface area (TPSA) is 27.1 Å². The molecular formula is C14H9F3N2. The van der Waals surface area contributed by atoms with E-state index in [2.05, 4.69) is 0 Å². The lowest BCUT2D eigenvalue weighted by Gasteiger charge is -2.18. The Morgan fingerprint density at radius 2 is 1.63 bits per heavy atom. The summed E-state index contributed by atoms with van der Waals surface area (Å²) in [4.78, 5) is 1.32. The largest absolute Gasteiger partial charge is 0.319 e. The third-order valence-electron chi connectivity index (χ3n) is 3.12. The molecule has 1 N–H and O–H groups in total. The fourth-order valence-corrected chi connectivity index (χ4v) is 2.20. The third kappa shape index (κ3) is 1.87. The fraction of sp³-hybridized carbons (Fsp3) is 0.0714. The molecule has 1 aliphatic rings. The van der Waals surface area contributed by atoms with Gasteiger partial charge in [-0.25, -0.2) is 13.2 Å². The Kier molecular flexibility index (Phi) is 2.55. The minimum atomic E-state index is -0.612. The zero-order valence-corrected chi connectivity index (χ0v) is 9.75. The summed E-state index contributed by atoms with van der Waals surface area (Å²) in [5.41, 5.74) is 1.11. The van der Waals surface area contributed by atoms with E-state index in [-0.39, 0.29) is 18.1 Å². The van der Waals surface area contributed by atoms with Crippen molar-refractivity contribution < 1.29 is 13.2 Å². The number of hydrogen-bond acceptors (Lipinski definition) is 1. The number of anilines is 1. The number of nitrogens with zero attached hydrogens (tertiary/aromatic N) is 1. The second-order valence-corrected chi connectivity index (χ2v) is 4.33. The average Bonchev–Trinajstić information content (AvgIpc) is 2.70. The van der Waals surface area contributed by atoms with E-state index in [1.54, 1.807) is 6.07 Å². The van der Waals surface area contributed by atoms with E-state index in [9.17, 15) is 13.2 Å². The van der Waals surface area contributed by atoms with Crippen LogP contribution < -0.4 is 4.90 Å². The van der Waals surface area contributed by atoms with Crippen molar-refractivity contribution in [3.8, 4) is 0 Å². The molecule has 96 valence electrons. The first-order chi connectivity index (χ1) is 9.06. The Morgan fingerprint density at radius 3 is 2.42 bits per heavy atom. The fourth-order valence-electron chi connectivity index (χ4n) is 2.20. The van der Waals surface area contributed by atoms with E-state index in [0.717, 1.165) is 23.8 Å². The first-order valence-electron chi connectivity index (χ1n) is 5.66. The molecule has 0 radical (unpaired) electrons. The molecule has 1 aliphatic heterocycles. The number of benzene rings is 2. The molecule has 5 heteroatoms. The molecule has 0 amide bonds. The molecule has 1 heterocycles. The van der Waals surface area contributed by atoms with Gasteiger partial charge in [-0.3, -0.25) is 5.41 Å². The zero-order chi connectivity index (χ0) is 13.6. The normalized spacial score (nSPS) is 13.8. The van der Waals surface area contributed by atoms with E-state index < -0.39 is 17.5 Å². The molecule has 0 spiro atoms. The van der Waals surface area contributed by atoms with Crippen LogP contribution in [0.5, 0.6) is 0 Å². The highest BCUT2D eigenvalue weighted by molar-refractivity contribution is 6.11. The summed E-state index contributed by atoms with van der Waals surface area (Å²) < 4.78 is 40.1. The number of nitrogens with one attached hydrogen (secondary N) is 1. The van der Waals surface area contributed by atoms with Gasteiger partial charge in [-0.05, 0) is 29.8 Å². The number of amidine groups is 1. The predicted molar refractivity (Wildman–Crippen MR) is 65.8 cm³/mol. The molecule has 0 bridgehead atoms. The minimum absolute atomic E-state index is 0.0124. The van der Waals surface area contributed by atoms with Gasteiger partial charge in [0.1, 0.15) is 23.3 Å². The minimum Gasteiger partial charge on any atom is -0.319 e. The molecule has 2 aromatic rings. The maximum Gasteiger partial charge on any atom is 0.147 e. The molecule has 2 aromatic carbocycles. The van der Waals surface area contributed by atoms with Gasteiger partial charge in [0.25, 0.3) is 0 Å². The van der Waals surface area contributed by atoms with Gasteiger partial charge >= 0.3 is 0 Å². The molecule has 0 unspecified atom stereocenters. The van der Waals surface area contributed by atoms with Crippen LogP contribution >= 0.6 is 0 Å². The van der Waals surface area contributed by atoms with Crippen molar-refractivity contribution in [2.24, 2.45) is 0 Å². The Bertz CT molecular complexity index is 682. The van der Waals surface area contributed by atoms with Crippen molar-refractivity contribution in [1.29, 1.82) is 5.41 Å². The number of fused-ring (bicyclic) bond motifs is 1. The average molecular weight is 262 g/mol. The molecule has 19 heavy (non-hydrogen) atoms. The van der Waals surface area contributed by atoms with Gasteiger partial charge < -0.3 is 4.90 Å². The lowest BCUT2D eigenvalue weighted by molar-refractivity contribution is 0.599. The second-order valence-electron chi connectivity index (χ2n) is 4.33. The van der Waals surface area contributed by atoms with Gasteiger partial charge in [0.2, 0.25) is 0 Å². The highest BCUT2D eigenvalue weighted by atomic mass is 19.1.